The molecule has 0 amide bonds. The molecule has 0 unspecified atom stereocenters. The molecule has 0 aliphatic rings. The van der Waals surface area contributed by atoms with Crippen LogP contribution in [0.5, 0.6) is 0 Å². The summed E-state index contributed by atoms with van der Waals surface area (Å²) < 4.78 is 60.2. The minimum atomic E-state index is -4.71. The van der Waals surface area contributed by atoms with Crippen molar-refractivity contribution in [2.45, 2.75) is 0 Å². The third-order valence-electron chi connectivity index (χ3n) is 3.47. The van der Waals surface area contributed by atoms with E-state index in [0.717, 1.165) is 0 Å². The van der Waals surface area contributed by atoms with E-state index in [-0.39, 0.29) is 18.8 Å². The van der Waals surface area contributed by atoms with E-state index < -0.39 is 24.5 Å². The Labute approximate surface area is 165 Å². The van der Waals surface area contributed by atoms with Crippen molar-refractivity contribution in [3.8, 4) is 0 Å². The Kier molecular flexibility index (Phi) is 7.47. The smallest absolute Gasteiger partial charge is 0.262 e. The zero-order valence-corrected chi connectivity index (χ0v) is 16.7. The van der Waals surface area contributed by atoms with Crippen molar-refractivity contribution >= 4 is 25.8 Å². The Bertz CT molecular complexity index is 969. The Morgan fingerprint density at radius 3 is 1.39 bits per heavy atom. The van der Waals surface area contributed by atoms with E-state index in [9.17, 15) is 16.8 Å². The second-order valence-electron chi connectivity index (χ2n) is 5.45. The minimum absolute atomic E-state index is 0.0469. The average molecular weight is 421 g/mol. The summed E-state index contributed by atoms with van der Waals surface area (Å²) in [5, 5.41) is 0. The maximum absolute atomic E-state index is 12.9. The number of benzene rings is 2. The van der Waals surface area contributed by atoms with E-state index in [2.05, 4.69) is 13.2 Å². The van der Waals surface area contributed by atoms with Crippen LogP contribution in [0.4, 0.5) is 0 Å². The van der Waals surface area contributed by atoms with E-state index in [0.29, 0.717) is 11.1 Å². The van der Waals surface area contributed by atoms with Crippen LogP contribution in [0.2, 0.25) is 0 Å². The van der Waals surface area contributed by atoms with Gasteiger partial charge in [-0.3, -0.25) is 8.37 Å². The van der Waals surface area contributed by atoms with E-state index in [1.807, 2.05) is 0 Å². The molecule has 0 aliphatic carbocycles. The van der Waals surface area contributed by atoms with Crippen LogP contribution in [0.1, 0.15) is 11.1 Å². The molecule has 0 radical (unpaired) electrons. The summed E-state index contributed by atoms with van der Waals surface area (Å²) in [4.78, 5) is 0. The molecule has 0 N–H and O–H groups in total. The van der Waals surface area contributed by atoms with E-state index >= 15 is 0 Å². The van der Waals surface area contributed by atoms with Gasteiger partial charge < -0.3 is 0 Å². The molecule has 0 fully saturated rings. The highest BCUT2D eigenvalue weighted by Gasteiger charge is 2.37. The standard InChI is InChI=1S/C20H20O6S2/c1-3-15-25-27(21,22)20(28(23,24)26-16-4-2)19(17-11-7-5-8-12-17)18-13-9-6-10-14-18/h3-14H,1-2,15-16H2. The van der Waals surface area contributed by atoms with Gasteiger partial charge in [-0.1, -0.05) is 72.8 Å². The first-order chi connectivity index (χ1) is 13.3. The van der Waals surface area contributed by atoms with Crippen molar-refractivity contribution in [3.05, 3.63) is 101 Å². The highest BCUT2D eigenvalue weighted by Crippen LogP contribution is 2.34. The number of hydrogen-bond acceptors (Lipinski definition) is 6. The maximum atomic E-state index is 12.9. The summed E-state index contributed by atoms with van der Waals surface area (Å²) in [6.07, 6.45) is 2.41. The second-order valence-corrected chi connectivity index (χ2v) is 8.81. The van der Waals surface area contributed by atoms with Crippen LogP contribution in [0.15, 0.2) is 90.2 Å². The average Bonchev–Trinajstić information content (AvgIpc) is 2.70. The predicted octanol–water partition coefficient (Wildman–Crippen LogP) is 3.47. The Balaban J connectivity index is 2.92. The lowest BCUT2D eigenvalue weighted by molar-refractivity contribution is 0.354. The largest absolute Gasteiger partial charge is 0.311 e. The first-order valence-electron chi connectivity index (χ1n) is 8.19. The van der Waals surface area contributed by atoms with Crippen LogP contribution < -0.4 is 0 Å². The molecule has 8 heteroatoms. The van der Waals surface area contributed by atoms with Crippen molar-refractivity contribution in [1.82, 2.24) is 0 Å². The van der Waals surface area contributed by atoms with Gasteiger partial charge in [-0.05, 0) is 11.1 Å². The predicted molar refractivity (Wildman–Crippen MR) is 109 cm³/mol. The summed E-state index contributed by atoms with van der Waals surface area (Å²) in [6.45, 7) is 6.01. The van der Waals surface area contributed by atoms with Crippen LogP contribution in [0.3, 0.4) is 0 Å². The molecule has 0 heterocycles. The molecule has 0 atom stereocenters. The van der Waals surface area contributed by atoms with Gasteiger partial charge in [-0.15, -0.1) is 13.2 Å². The third kappa shape index (κ3) is 5.26. The highest BCUT2D eigenvalue weighted by atomic mass is 32.3. The fraction of sp³-hybridized carbons (Fsp3) is 0.100. The van der Waals surface area contributed by atoms with Crippen LogP contribution in [0, 0.1) is 0 Å². The molecule has 0 saturated heterocycles. The number of rotatable bonds is 10. The lowest BCUT2D eigenvalue weighted by Crippen LogP contribution is -2.21. The lowest BCUT2D eigenvalue weighted by atomic mass is 10.00. The maximum Gasteiger partial charge on any atom is 0.311 e. The zero-order chi connectivity index (χ0) is 20.6. The summed E-state index contributed by atoms with van der Waals surface area (Å²) in [6, 6.07) is 16.6. The topological polar surface area (TPSA) is 86.7 Å². The summed E-state index contributed by atoms with van der Waals surface area (Å²) in [5.74, 6) is 0. The van der Waals surface area contributed by atoms with Crippen molar-refractivity contribution < 1.29 is 25.2 Å². The monoisotopic (exact) mass is 420 g/mol. The van der Waals surface area contributed by atoms with Crippen LogP contribution in [0.25, 0.3) is 5.57 Å². The quantitative estimate of drug-likeness (QED) is 0.432. The molecule has 148 valence electrons. The second kappa shape index (κ2) is 9.61. The normalized spacial score (nSPS) is 11.6. The SMILES string of the molecule is C=CCOS(=O)(=O)C(=C(c1ccccc1)c1ccccc1)S(=O)(=O)OCC=C. The van der Waals surface area contributed by atoms with Gasteiger partial charge in [0.05, 0.1) is 13.2 Å². The van der Waals surface area contributed by atoms with Crippen molar-refractivity contribution in [3.63, 3.8) is 0 Å². The molecule has 0 bridgehead atoms. The van der Waals surface area contributed by atoms with Gasteiger partial charge in [0, 0.05) is 5.57 Å². The molecule has 2 aromatic rings. The minimum Gasteiger partial charge on any atom is -0.262 e. The van der Waals surface area contributed by atoms with E-state index in [4.69, 9.17) is 8.37 Å². The Morgan fingerprint density at radius 2 is 1.07 bits per heavy atom. The van der Waals surface area contributed by atoms with Gasteiger partial charge >= 0.3 is 20.2 Å². The number of hydrogen-bond donors (Lipinski definition) is 0. The van der Waals surface area contributed by atoms with Gasteiger partial charge in [-0.25, -0.2) is 0 Å². The fourth-order valence-electron chi connectivity index (χ4n) is 2.37. The zero-order valence-electron chi connectivity index (χ0n) is 15.0. The van der Waals surface area contributed by atoms with Crippen molar-refractivity contribution in [2.24, 2.45) is 0 Å². The van der Waals surface area contributed by atoms with Gasteiger partial charge in [0.15, 0.2) is 0 Å². The molecule has 0 spiro atoms. The highest BCUT2D eigenvalue weighted by molar-refractivity contribution is 8.10. The molecule has 6 nitrogen and oxygen atoms in total. The Hall–Kier alpha value is -2.52. The van der Waals surface area contributed by atoms with Crippen LogP contribution in [-0.2, 0) is 28.6 Å². The Morgan fingerprint density at radius 1 is 0.714 bits per heavy atom. The molecule has 2 rings (SSSR count). The van der Waals surface area contributed by atoms with Crippen LogP contribution >= 0.6 is 0 Å². The molecule has 0 aliphatic heterocycles. The van der Waals surface area contributed by atoms with Crippen LogP contribution in [-0.4, -0.2) is 30.0 Å². The molecule has 2 aromatic carbocycles. The van der Waals surface area contributed by atoms with Gasteiger partial charge in [0.25, 0.3) is 0 Å². The van der Waals surface area contributed by atoms with Crippen molar-refractivity contribution in [2.75, 3.05) is 13.2 Å². The summed E-state index contributed by atoms with van der Waals surface area (Å²) in [7, 11) is -9.41. The lowest BCUT2D eigenvalue weighted by Gasteiger charge is -2.16. The molecular weight excluding hydrogens is 400 g/mol. The van der Waals surface area contributed by atoms with Crippen molar-refractivity contribution in [1.29, 1.82) is 0 Å². The fourth-order valence-corrected chi connectivity index (χ4v) is 5.39. The first-order valence-corrected chi connectivity index (χ1v) is 11.0. The molecule has 0 saturated carbocycles. The summed E-state index contributed by atoms with van der Waals surface area (Å²) in [5.41, 5.74) is 0.704. The molecule has 28 heavy (non-hydrogen) atoms. The molecular formula is C20H20O6S2. The van der Waals surface area contributed by atoms with E-state index in [1.165, 1.54) is 12.2 Å². The third-order valence-corrected chi connectivity index (χ3v) is 6.90. The summed E-state index contributed by atoms with van der Waals surface area (Å²) >= 11 is 0. The van der Waals surface area contributed by atoms with Gasteiger partial charge in [-0.2, -0.15) is 16.8 Å². The van der Waals surface area contributed by atoms with E-state index in [1.54, 1.807) is 60.7 Å². The van der Waals surface area contributed by atoms with Gasteiger partial charge in [0.2, 0.25) is 4.24 Å². The first kappa shape index (κ1) is 21.8. The van der Waals surface area contributed by atoms with Gasteiger partial charge in [0.1, 0.15) is 0 Å². The molecule has 0 aromatic heterocycles.